The van der Waals surface area contributed by atoms with E-state index in [0.29, 0.717) is 0 Å². The van der Waals surface area contributed by atoms with E-state index in [1.807, 2.05) is 13.8 Å². The number of hydrogen-bond donors (Lipinski definition) is 4. The van der Waals surface area contributed by atoms with Gasteiger partial charge in [-0.2, -0.15) is 0 Å². The first-order chi connectivity index (χ1) is 24.5. The third-order valence-electron chi connectivity index (χ3n) is 9.11. The van der Waals surface area contributed by atoms with Crippen molar-refractivity contribution in [1.82, 2.24) is 0 Å². The molecule has 4 rings (SSSR count). The number of aliphatic hydroxyl groups excluding tert-OH is 2. The second-order valence-electron chi connectivity index (χ2n) is 12.6. The second kappa shape index (κ2) is 21.1. The van der Waals surface area contributed by atoms with Gasteiger partial charge in [-0.3, -0.25) is 18.1 Å². The molecule has 52 heavy (non-hydrogen) atoms. The molecule has 18 nitrogen and oxygen atoms in total. The molecule has 4 aliphatic rings. The summed E-state index contributed by atoms with van der Waals surface area (Å²) in [4.78, 5) is 20.0. The van der Waals surface area contributed by atoms with Gasteiger partial charge in [-0.1, -0.05) is 13.8 Å². The monoisotopic (exact) mass is 774 g/mol. The number of hydrogen-bond acceptors (Lipinski definition) is 16. The predicted molar refractivity (Wildman–Crippen MR) is 186 cm³/mol. The van der Waals surface area contributed by atoms with Gasteiger partial charge < -0.3 is 57.9 Å². The van der Waals surface area contributed by atoms with Crippen molar-refractivity contribution in [3.05, 3.63) is 0 Å². The normalized spacial score (nSPS) is 42.7. The number of phosphoric acid groups is 2. The molecule has 6 unspecified atom stereocenters. The molecule has 0 bridgehead atoms. The summed E-state index contributed by atoms with van der Waals surface area (Å²) in [6.07, 6.45) is -8.47. The maximum atomic E-state index is 12.3. The molecule has 0 aromatic rings. The summed E-state index contributed by atoms with van der Waals surface area (Å²) >= 11 is 0. The van der Waals surface area contributed by atoms with E-state index in [4.69, 9.17) is 87.2 Å². The van der Waals surface area contributed by atoms with Crippen LogP contribution in [0.3, 0.4) is 0 Å². The van der Waals surface area contributed by atoms with Crippen molar-refractivity contribution < 1.29 is 85.1 Å². The Balaban J connectivity index is 0.000000280. The first kappa shape index (κ1) is 46.6. The van der Waals surface area contributed by atoms with Gasteiger partial charge in [-0.15, -0.1) is 0 Å². The molecule has 4 saturated heterocycles. The summed E-state index contributed by atoms with van der Waals surface area (Å²) in [6.45, 7) is 3.34. The van der Waals surface area contributed by atoms with Crippen LogP contribution in [0.25, 0.3) is 0 Å². The smallest absolute Gasteiger partial charge is 0.388 e. The minimum Gasteiger partial charge on any atom is -0.388 e. The molecular weight excluding hydrogens is 727 g/mol. The summed E-state index contributed by atoms with van der Waals surface area (Å²) in [7, 11) is 21.9. The van der Waals surface area contributed by atoms with Gasteiger partial charge in [0, 0.05) is 79.8 Å². The summed E-state index contributed by atoms with van der Waals surface area (Å²) in [5.74, 6) is -0.0994. The molecule has 286 valence electrons. The van der Waals surface area contributed by atoms with E-state index in [9.17, 15) is 29.1 Å². The Morgan fingerprint density at radius 2 is 1.00 bits per heavy atom. The van der Waals surface area contributed by atoms with Crippen molar-refractivity contribution in [3.63, 3.8) is 0 Å². The van der Waals surface area contributed by atoms with Crippen LogP contribution in [0.5, 0.6) is 0 Å². The highest BCUT2D eigenvalue weighted by atomic mass is 31.2. The number of ether oxygens (including phenoxy) is 8. The van der Waals surface area contributed by atoms with Crippen LogP contribution in [-0.2, 0) is 65.1 Å². The quantitative estimate of drug-likeness (QED) is 0.0810. The Labute approximate surface area is 311 Å². The number of phosphoric ester groups is 2. The van der Waals surface area contributed by atoms with Gasteiger partial charge in [-0.05, 0) is 0 Å². The lowest BCUT2D eigenvalue weighted by atomic mass is 9.49. The molecule has 10 radical (unpaired) electrons. The van der Waals surface area contributed by atoms with Crippen LogP contribution < -0.4 is 0 Å². The zero-order chi connectivity index (χ0) is 39.0. The van der Waals surface area contributed by atoms with Gasteiger partial charge in [0.25, 0.3) is 0 Å². The van der Waals surface area contributed by atoms with E-state index in [2.05, 4.69) is 0 Å². The average molecular weight is 773 g/mol. The molecule has 0 spiro atoms. The Hall–Kier alpha value is 0.210. The van der Waals surface area contributed by atoms with E-state index >= 15 is 0 Å². The Bertz CT molecular complexity index is 1170. The van der Waals surface area contributed by atoms with E-state index in [1.54, 1.807) is 0 Å². The third-order valence-corrected chi connectivity index (χ3v) is 11.1. The standard InChI is InChI=1S/2C13H23B3O9P/c1-6-10(21-3)8(24-13(6)16-15)5-22-26(18,19)25-11-7(4-20-2)23-12(14)9(11)17;1-6-10(21-3)8(24-13(6)16-15)5-22-26(18,19)25-11-9(17)7(4-20-2)23-12(11)14/h2*6-13,17H,4-5H2,1-3H3,(H,18,19)/t6-,7+,8+,9-,10?,11?,12+,13+;6-,7+,8+,9?,10?,11-,12+,13+/m00/s1. The van der Waals surface area contributed by atoms with Crippen LogP contribution in [0.4, 0.5) is 0 Å². The highest BCUT2D eigenvalue weighted by molar-refractivity contribution is 7.47. The summed E-state index contributed by atoms with van der Waals surface area (Å²) in [6, 6.07) is -2.87. The molecule has 0 amide bonds. The van der Waals surface area contributed by atoms with Gasteiger partial charge >= 0.3 is 15.6 Å². The molecule has 4 aliphatic heterocycles. The van der Waals surface area contributed by atoms with Gasteiger partial charge in [-0.25, -0.2) is 9.13 Å². The SMILES string of the molecule is [B][B][C@@H]1O[C@H](COP(=O)(O)OC2[C@@H](COC)O[C@@H]([B])[C@H]2O)C(OC)[C@@H]1C.[B][B][C@@H]1O[C@H](COP(=O)(O)O[C@H]2C(O)[C@@H](COC)O[C@H]2[B])C(OC)[C@@H]1C. The summed E-state index contributed by atoms with van der Waals surface area (Å²) < 4.78 is 87.0. The van der Waals surface area contributed by atoms with E-state index < -0.39 is 76.5 Å². The number of rotatable bonds is 18. The van der Waals surface area contributed by atoms with E-state index in [1.165, 1.54) is 42.8 Å². The van der Waals surface area contributed by atoms with Crippen LogP contribution in [-0.4, -0.2) is 205 Å². The maximum absolute atomic E-state index is 12.3. The molecule has 26 heteroatoms. The summed E-state index contributed by atoms with van der Waals surface area (Å²) in [5.41, 5.74) is 0. The molecule has 4 N–H and O–H groups in total. The zero-order valence-corrected chi connectivity index (χ0v) is 31.7. The Kier molecular flexibility index (Phi) is 18.9. The molecule has 18 atom stereocenters. The fourth-order valence-electron chi connectivity index (χ4n) is 6.39. The molecule has 4 heterocycles. The molecule has 0 aromatic heterocycles. The van der Waals surface area contributed by atoms with E-state index in [-0.39, 0.29) is 62.5 Å². The first-order valence-electron chi connectivity index (χ1n) is 16.4. The summed E-state index contributed by atoms with van der Waals surface area (Å²) in [5, 5.41) is 20.1. The fraction of sp³-hybridized carbons (Fsp3) is 1.00. The maximum Gasteiger partial charge on any atom is 0.472 e. The zero-order valence-electron chi connectivity index (χ0n) is 29.9. The second-order valence-corrected chi connectivity index (χ2v) is 15.4. The van der Waals surface area contributed by atoms with Crippen LogP contribution in [0.15, 0.2) is 0 Å². The lowest BCUT2D eigenvalue weighted by Gasteiger charge is -2.24. The predicted octanol–water partition coefficient (Wildman–Crippen LogP) is -2.89. The molecule has 0 saturated carbocycles. The lowest BCUT2D eigenvalue weighted by Crippen LogP contribution is -2.37. The van der Waals surface area contributed by atoms with Gasteiger partial charge in [0.15, 0.2) is 0 Å². The van der Waals surface area contributed by atoms with Crippen molar-refractivity contribution in [2.75, 3.05) is 54.9 Å². The van der Waals surface area contributed by atoms with Crippen molar-refractivity contribution in [2.45, 2.75) is 98.9 Å². The largest absolute Gasteiger partial charge is 0.472 e. The highest BCUT2D eigenvalue weighted by Gasteiger charge is 2.49. The van der Waals surface area contributed by atoms with Crippen molar-refractivity contribution >= 4 is 61.2 Å². The van der Waals surface area contributed by atoms with Gasteiger partial charge in [0.05, 0.1) is 53.0 Å². The van der Waals surface area contributed by atoms with Crippen molar-refractivity contribution in [3.8, 4) is 0 Å². The lowest BCUT2D eigenvalue weighted by molar-refractivity contribution is -0.0423. The Morgan fingerprint density at radius 3 is 1.42 bits per heavy atom. The molecule has 4 fully saturated rings. The van der Waals surface area contributed by atoms with E-state index in [0.717, 1.165) is 0 Å². The topological polar surface area (TPSA) is 226 Å². The van der Waals surface area contributed by atoms with Gasteiger partial charge in [0.2, 0.25) is 0 Å². The van der Waals surface area contributed by atoms with Crippen LogP contribution in [0.2, 0.25) is 0 Å². The van der Waals surface area contributed by atoms with Crippen LogP contribution >= 0.6 is 15.6 Å². The minimum absolute atomic E-state index is 0.0262. The number of aliphatic hydroxyl groups is 2. The molecular formula is C26H46B6O18P2. The van der Waals surface area contributed by atoms with Crippen molar-refractivity contribution in [2.24, 2.45) is 11.8 Å². The van der Waals surface area contributed by atoms with Crippen LogP contribution in [0, 0.1) is 11.8 Å². The minimum atomic E-state index is -4.54. The molecule has 0 aromatic carbocycles. The number of methoxy groups -OCH3 is 4. The molecule has 0 aliphatic carbocycles. The third kappa shape index (κ3) is 12.1. The first-order valence-corrected chi connectivity index (χ1v) is 19.4. The average Bonchev–Trinajstić information content (AvgIpc) is 3.76. The Morgan fingerprint density at radius 1 is 0.596 bits per heavy atom. The fourth-order valence-corrected chi connectivity index (χ4v) is 8.30. The van der Waals surface area contributed by atoms with Crippen molar-refractivity contribution in [1.29, 1.82) is 0 Å². The van der Waals surface area contributed by atoms with Crippen LogP contribution in [0.1, 0.15) is 13.8 Å². The highest BCUT2D eigenvalue weighted by Crippen LogP contribution is 2.49. The van der Waals surface area contributed by atoms with Gasteiger partial charge in [0.1, 0.15) is 64.5 Å².